The first-order chi connectivity index (χ1) is 21.3. The molecular weight excluding hydrogens is 571 g/mol. The molecule has 0 fully saturated rings. The van der Waals surface area contributed by atoms with E-state index >= 15 is 0 Å². The maximum absolute atomic E-state index is 12.4. The van der Waals surface area contributed by atoms with Gasteiger partial charge in [0, 0.05) is 18.6 Å². The van der Waals surface area contributed by atoms with E-state index in [9.17, 15) is 25.1 Å². The van der Waals surface area contributed by atoms with Crippen molar-refractivity contribution in [3.63, 3.8) is 0 Å². The first-order valence-electron chi connectivity index (χ1n) is 16.1. The zero-order valence-electron chi connectivity index (χ0n) is 26.3. The summed E-state index contributed by atoms with van der Waals surface area (Å²) in [5.74, 6) is -0.212. The largest absolute Gasteiger partial charge is 0.394 e. The van der Waals surface area contributed by atoms with Gasteiger partial charge in [0.15, 0.2) is 0 Å². The molecule has 0 aliphatic rings. The molecule has 3 N–H and O–H groups in total. The Morgan fingerprint density at radius 3 is 1.70 bits per heavy atom. The molecule has 0 aromatic heterocycles. The van der Waals surface area contributed by atoms with E-state index in [1.807, 2.05) is 0 Å². The normalized spacial score (nSPS) is 13.0. The number of rotatable bonds is 20. The van der Waals surface area contributed by atoms with Crippen molar-refractivity contribution in [1.82, 2.24) is 5.32 Å². The smallest absolute Gasteiger partial charge is 0.269 e. The molecule has 0 aliphatic heterocycles. The molecule has 0 saturated heterocycles. The first kappa shape index (κ1) is 35.4. The Morgan fingerprint density at radius 1 is 0.773 bits per heavy atom. The summed E-state index contributed by atoms with van der Waals surface area (Å²) in [5, 5.41) is 36.8. The van der Waals surface area contributed by atoms with E-state index in [-0.39, 0.29) is 11.6 Å². The van der Waals surface area contributed by atoms with Gasteiger partial charge in [-0.15, -0.1) is 0 Å². The lowest BCUT2D eigenvalue weighted by Gasteiger charge is -2.31. The number of unbranched alkanes of at least 4 members (excludes halogenated alkanes) is 8. The van der Waals surface area contributed by atoms with Gasteiger partial charge in [0.25, 0.3) is 5.69 Å². The van der Waals surface area contributed by atoms with Crippen molar-refractivity contribution in [3.8, 4) is 0 Å². The standard InChI is InChI=1S/C36H49N2O5P/c1-29(2)44(32-18-12-10-13-19-32,33-20-14-11-15-21-33)27-17-9-7-5-3-4-6-8-16-22-35(40)37-34(28-39)36(41)30-23-25-31(26-24-30)38(42)43/h10-15,18-21,23-26,29,34,36,39,41H,3-9,16-17,22,27-28H2,1-2H3/p+1/t34-,36-/m1/s1. The lowest BCUT2D eigenvalue weighted by atomic mass is 10.0. The Labute approximate surface area is 263 Å². The zero-order chi connectivity index (χ0) is 31.8. The van der Waals surface area contributed by atoms with Crippen LogP contribution in [0.2, 0.25) is 0 Å². The highest BCUT2D eigenvalue weighted by molar-refractivity contribution is 7.90. The number of nitrogens with zero attached hydrogens (tertiary/aromatic N) is 1. The van der Waals surface area contributed by atoms with Crippen molar-refractivity contribution < 1.29 is 19.9 Å². The van der Waals surface area contributed by atoms with Crippen molar-refractivity contribution in [2.45, 2.75) is 95.9 Å². The minimum absolute atomic E-state index is 0.0814. The lowest BCUT2D eigenvalue weighted by Crippen LogP contribution is -2.41. The van der Waals surface area contributed by atoms with Crippen molar-refractivity contribution in [2.24, 2.45) is 0 Å². The molecule has 0 aliphatic carbocycles. The Kier molecular flexibility index (Phi) is 15.0. The summed E-state index contributed by atoms with van der Waals surface area (Å²) < 4.78 is 0. The number of benzene rings is 3. The quantitative estimate of drug-likeness (QED) is 0.0540. The van der Waals surface area contributed by atoms with Crippen molar-refractivity contribution in [2.75, 3.05) is 12.8 Å². The molecule has 0 bridgehead atoms. The van der Waals surface area contributed by atoms with Crippen LogP contribution in [0.25, 0.3) is 0 Å². The van der Waals surface area contributed by atoms with Gasteiger partial charge in [0.05, 0.1) is 47.3 Å². The number of nitro benzene ring substituents is 1. The molecular formula is C36H50N2O5P+. The summed E-state index contributed by atoms with van der Waals surface area (Å²) in [7, 11) is -1.48. The number of non-ortho nitro benzene ring substituents is 1. The van der Waals surface area contributed by atoms with Crippen LogP contribution in [-0.2, 0) is 4.79 Å². The van der Waals surface area contributed by atoms with Crippen LogP contribution in [0.1, 0.15) is 89.7 Å². The van der Waals surface area contributed by atoms with Crippen molar-refractivity contribution >= 4 is 29.5 Å². The van der Waals surface area contributed by atoms with Crippen LogP contribution in [0.4, 0.5) is 5.69 Å². The summed E-state index contributed by atoms with van der Waals surface area (Å²) in [5.41, 5.74) is 0.925. The van der Waals surface area contributed by atoms with Crippen LogP contribution >= 0.6 is 7.26 Å². The fourth-order valence-electron chi connectivity index (χ4n) is 6.06. The van der Waals surface area contributed by atoms with Gasteiger partial charge in [-0.2, -0.15) is 0 Å². The minimum atomic E-state index is -1.48. The monoisotopic (exact) mass is 621 g/mol. The average Bonchev–Trinajstić information content (AvgIpc) is 3.04. The molecule has 44 heavy (non-hydrogen) atoms. The number of hydrogen-bond donors (Lipinski definition) is 3. The molecule has 3 rings (SSSR count). The topological polar surface area (TPSA) is 113 Å². The van der Waals surface area contributed by atoms with Crippen LogP contribution in [0.5, 0.6) is 0 Å². The SMILES string of the molecule is CC(C)[P+](CCCCCCCCCCCC(=O)N[C@H](CO)[C@H](O)c1ccc([N+](=O)[O-])cc1)(c1ccccc1)c1ccccc1. The zero-order valence-corrected chi connectivity index (χ0v) is 27.2. The number of hydrogen-bond acceptors (Lipinski definition) is 5. The summed E-state index contributed by atoms with van der Waals surface area (Å²) >= 11 is 0. The summed E-state index contributed by atoms with van der Waals surface area (Å²) in [6.45, 7) is 4.37. The van der Waals surface area contributed by atoms with Gasteiger partial charge in [0.2, 0.25) is 5.91 Å². The highest BCUT2D eigenvalue weighted by Gasteiger charge is 2.45. The molecule has 3 aromatic carbocycles. The number of nitro groups is 1. The highest BCUT2D eigenvalue weighted by atomic mass is 31.2. The third-order valence-electron chi connectivity index (χ3n) is 8.60. The minimum Gasteiger partial charge on any atom is -0.394 e. The number of aliphatic hydroxyl groups excluding tert-OH is 2. The van der Waals surface area contributed by atoms with Crippen molar-refractivity contribution in [3.05, 3.63) is 101 Å². The van der Waals surface area contributed by atoms with Crippen LogP contribution < -0.4 is 15.9 Å². The number of carbonyl (C=O) groups is 1. The molecule has 0 radical (unpaired) electrons. The van der Waals surface area contributed by atoms with Crippen LogP contribution in [0.15, 0.2) is 84.9 Å². The van der Waals surface area contributed by atoms with E-state index in [0.29, 0.717) is 17.6 Å². The average molecular weight is 622 g/mol. The number of aliphatic hydroxyl groups is 2. The summed E-state index contributed by atoms with van der Waals surface area (Å²) in [4.78, 5) is 22.7. The molecule has 0 unspecified atom stereocenters. The number of amides is 1. The molecule has 0 heterocycles. The van der Waals surface area contributed by atoms with Gasteiger partial charge in [-0.3, -0.25) is 14.9 Å². The van der Waals surface area contributed by atoms with Crippen LogP contribution in [-0.4, -0.2) is 45.5 Å². The molecule has 1 amide bonds. The summed E-state index contributed by atoms with van der Waals surface area (Å²) in [6, 6.07) is 26.9. The lowest BCUT2D eigenvalue weighted by molar-refractivity contribution is -0.384. The first-order valence-corrected chi connectivity index (χ1v) is 18.2. The number of nitrogens with one attached hydrogen (secondary N) is 1. The van der Waals surface area contributed by atoms with Gasteiger partial charge in [-0.1, -0.05) is 74.9 Å². The second-order valence-electron chi connectivity index (χ2n) is 11.9. The maximum atomic E-state index is 12.4. The van der Waals surface area contributed by atoms with E-state index in [1.54, 1.807) is 0 Å². The molecule has 238 valence electrons. The Bertz CT molecular complexity index is 1220. The van der Waals surface area contributed by atoms with E-state index in [2.05, 4.69) is 79.8 Å². The molecule has 8 heteroatoms. The number of carbonyl (C=O) groups excluding carboxylic acids is 1. The van der Waals surface area contributed by atoms with Crippen molar-refractivity contribution in [1.29, 1.82) is 0 Å². The van der Waals surface area contributed by atoms with Crippen LogP contribution in [0.3, 0.4) is 0 Å². The predicted molar refractivity (Wildman–Crippen MR) is 182 cm³/mol. The fraction of sp³-hybridized carbons (Fsp3) is 0.472. The Balaban J connectivity index is 1.31. The second kappa shape index (κ2) is 18.6. The van der Waals surface area contributed by atoms with E-state index < -0.39 is 30.9 Å². The molecule has 7 nitrogen and oxygen atoms in total. The Morgan fingerprint density at radius 2 is 1.25 bits per heavy atom. The highest BCUT2D eigenvalue weighted by Crippen LogP contribution is 2.61. The van der Waals surface area contributed by atoms with E-state index in [4.69, 9.17) is 0 Å². The van der Waals surface area contributed by atoms with Gasteiger partial charge in [-0.25, -0.2) is 0 Å². The van der Waals surface area contributed by atoms with Gasteiger partial charge >= 0.3 is 0 Å². The van der Waals surface area contributed by atoms with E-state index in [1.165, 1.54) is 73.1 Å². The molecule has 0 saturated carbocycles. The predicted octanol–water partition coefficient (Wildman–Crippen LogP) is 7.08. The van der Waals surface area contributed by atoms with Gasteiger partial charge in [0.1, 0.15) is 6.10 Å². The molecule has 3 aromatic rings. The third-order valence-corrected chi connectivity index (χ3v) is 13.8. The maximum Gasteiger partial charge on any atom is 0.269 e. The molecule has 2 atom stereocenters. The van der Waals surface area contributed by atoms with Gasteiger partial charge in [-0.05, 0) is 75.1 Å². The van der Waals surface area contributed by atoms with Gasteiger partial charge < -0.3 is 15.5 Å². The second-order valence-corrected chi connectivity index (χ2v) is 16.2. The van der Waals surface area contributed by atoms with E-state index in [0.717, 1.165) is 25.7 Å². The third kappa shape index (κ3) is 10.2. The fourth-order valence-corrected chi connectivity index (χ4v) is 10.7. The van der Waals surface area contributed by atoms with Crippen LogP contribution in [0, 0.1) is 10.1 Å². The Hall–Kier alpha value is -3.12. The molecule has 0 spiro atoms. The summed E-state index contributed by atoms with van der Waals surface area (Å²) in [6.07, 6.45) is 10.6.